The number of rotatable bonds is 4. The maximum absolute atomic E-state index is 12.7. The van der Waals surface area contributed by atoms with Crippen molar-refractivity contribution in [2.24, 2.45) is 0 Å². The Kier molecular flexibility index (Phi) is 10.3. The van der Waals surface area contributed by atoms with E-state index in [2.05, 4.69) is 27.7 Å². The highest BCUT2D eigenvalue weighted by Gasteiger charge is 2.20. The molecular formula is C27H36N4O2. The predicted molar refractivity (Wildman–Crippen MR) is 137 cm³/mol. The van der Waals surface area contributed by atoms with E-state index in [9.17, 15) is 4.79 Å². The molecule has 1 aromatic carbocycles. The molecule has 0 atom stereocenters. The lowest BCUT2D eigenvalue weighted by Crippen LogP contribution is -2.27. The minimum absolute atomic E-state index is 0.102. The standard InChI is InChI=1S/C21H22N4O.C4H8O.C2H6/c1-3-14(2)17-12-22-20-19(17)24-18(13-23-20)15-7-6-8-16(11-15)21(26)25-9-4-5-10-25;1-3-4-5-2;1-2/h3,6-8,11-13H,4-5,9-10H2,1-2H3,(H,22,23);3-4H,1-2H3;1-2H3/b14-3+;4-3+;. The van der Waals surface area contributed by atoms with Gasteiger partial charge >= 0.3 is 0 Å². The molecule has 176 valence electrons. The number of benzene rings is 1. The van der Waals surface area contributed by atoms with Crippen LogP contribution >= 0.6 is 0 Å². The Labute approximate surface area is 197 Å². The number of fused-ring (bicyclic) bond motifs is 1. The first-order chi connectivity index (χ1) is 16.1. The molecule has 0 aliphatic carbocycles. The van der Waals surface area contributed by atoms with E-state index < -0.39 is 0 Å². The van der Waals surface area contributed by atoms with Gasteiger partial charge in [-0.3, -0.25) is 4.79 Å². The number of nitrogens with one attached hydrogen (secondary N) is 1. The molecule has 0 radical (unpaired) electrons. The van der Waals surface area contributed by atoms with Crippen LogP contribution in [0.5, 0.6) is 0 Å². The number of amides is 1. The number of H-pyrrole nitrogens is 1. The molecule has 0 saturated carbocycles. The highest BCUT2D eigenvalue weighted by Crippen LogP contribution is 2.26. The minimum Gasteiger partial charge on any atom is -0.505 e. The second-order valence-electron chi connectivity index (χ2n) is 7.41. The van der Waals surface area contributed by atoms with Crippen LogP contribution in [0.25, 0.3) is 28.0 Å². The molecule has 3 heterocycles. The summed E-state index contributed by atoms with van der Waals surface area (Å²) in [6.45, 7) is 11.7. The number of nitrogens with zero attached hydrogens (tertiary/aromatic N) is 3. The van der Waals surface area contributed by atoms with Gasteiger partial charge in [0.2, 0.25) is 0 Å². The summed E-state index contributed by atoms with van der Waals surface area (Å²) in [6.07, 6.45) is 11.4. The molecule has 0 bridgehead atoms. The number of aromatic nitrogens is 3. The quantitative estimate of drug-likeness (QED) is 0.464. The molecule has 1 amide bonds. The van der Waals surface area contributed by atoms with E-state index in [0.717, 1.165) is 59.5 Å². The van der Waals surface area contributed by atoms with E-state index in [0.29, 0.717) is 5.56 Å². The summed E-state index contributed by atoms with van der Waals surface area (Å²) >= 11 is 0. The predicted octanol–water partition coefficient (Wildman–Crippen LogP) is 6.48. The molecule has 0 spiro atoms. The van der Waals surface area contributed by atoms with E-state index in [1.54, 1.807) is 19.6 Å². The molecule has 4 rings (SSSR count). The molecule has 33 heavy (non-hydrogen) atoms. The molecule has 1 aliphatic heterocycles. The lowest BCUT2D eigenvalue weighted by molar-refractivity contribution is 0.0793. The Morgan fingerprint density at radius 3 is 2.52 bits per heavy atom. The third-order valence-electron chi connectivity index (χ3n) is 5.31. The van der Waals surface area contributed by atoms with Gasteiger partial charge in [-0.1, -0.05) is 38.1 Å². The van der Waals surface area contributed by atoms with Crippen LogP contribution in [0.4, 0.5) is 0 Å². The summed E-state index contributed by atoms with van der Waals surface area (Å²) in [5.74, 6) is 0.102. The van der Waals surface area contributed by atoms with Crippen LogP contribution in [0.2, 0.25) is 0 Å². The summed E-state index contributed by atoms with van der Waals surface area (Å²) < 4.78 is 4.51. The van der Waals surface area contributed by atoms with E-state index in [1.165, 1.54) is 0 Å². The van der Waals surface area contributed by atoms with E-state index >= 15 is 0 Å². The number of aromatic amines is 1. The number of methoxy groups -OCH3 is 1. The number of ether oxygens (including phenoxy) is 1. The Morgan fingerprint density at radius 2 is 1.91 bits per heavy atom. The smallest absolute Gasteiger partial charge is 0.253 e. The minimum atomic E-state index is 0.102. The lowest BCUT2D eigenvalue weighted by atomic mass is 10.1. The van der Waals surface area contributed by atoms with Crippen molar-refractivity contribution in [3.63, 3.8) is 0 Å². The summed E-state index contributed by atoms with van der Waals surface area (Å²) in [5, 5.41) is 0. The fourth-order valence-corrected chi connectivity index (χ4v) is 3.54. The van der Waals surface area contributed by atoms with E-state index in [-0.39, 0.29) is 5.91 Å². The topological polar surface area (TPSA) is 71.1 Å². The zero-order valence-corrected chi connectivity index (χ0v) is 20.7. The molecule has 6 heteroatoms. The normalized spacial score (nSPS) is 13.4. The maximum atomic E-state index is 12.7. The number of hydrogen-bond donors (Lipinski definition) is 1. The number of hydrogen-bond acceptors (Lipinski definition) is 4. The van der Waals surface area contributed by atoms with Gasteiger partial charge in [-0.2, -0.15) is 0 Å². The van der Waals surface area contributed by atoms with E-state index in [4.69, 9.17) is 4.98 Å². The van der Waals surface area contributed by atoms with Crippen molar-refractivity contribution >= 4 is 22.6 Å². The Morgan fingerprint density at radius 1 is 1.18 bits per heavy atom. The number of carbonyl (C=O) groups excluding carboxylic acids is 1. The van der Waals surface area contributed by atoms with Crippen LogP contribution in [0.15, 0.2) is 55.1 Å². The van der Waals surface area contributed by atoms with Crippen molar-refractivity contribution in [3.05, 3.63) is 66.2 Å². The second kappa shape index (κ2) is 13.2. The van der Waals surface area contributed by atoms with Crippen molar-refractivity contribution < 1.29 is 9.53 Å². The van der Waals surface area contributed by atoms with Crippen molar-refractivity contribution in [3.8, 4) is 11.3 Å². The number of carbonyl (C=O) groups is 1. The Balaban J connectivity index is 0.000000489. The summed E-state index contributed by atoms with van der Waals surface area (Å²) in [5.41, 5.74) is 6.24. The third-order valence-corrected chi connectivity index (χ3v) is 5.31. The number of likely N-dealkylation sites (tertiary alicyclic amines) is 1. The van der Waals surface area contributed by atoms with Crippen LogP contribution in [-0.2, 0) is 4.74 Å². The molecule has 3 aromatic rings. The largest absolute Gasteiger partial charge is 0.505 e. The zero-order chi connectivity index (χ0) is 24.2. The lowest BCUT2D eigenvalue weighted by Gasteiger charge is -2.15. The molecule has 1 fully saturated rings. The van der Waals surface area contributed by atoms with Crippen molar-refractivity contribution in [1.82, 2.24) is 19.9 Å². The van der Waals surface area contributed by atoms with Crippen LogP contribution in [0.3, 0.4) is 0 Å². The van der Waals surface area contributed by atoms with Gasteiger partial charge < -0.3 is 14.6 Å². The van der Waals surface area contributed by atoms with Gasteiger partial charge in [0, 0.05) is 36.0 Å². The number of allylic oxidation sites excluding steroid dienone is 3. The SMILES string of the molecule is C/C=C(\C)c1c[nH]c2ncc(-c3cccc(C(=O)N4CCCC4)c3)nc12.C/C=C/OC.CC. The average Bonchev–Trinajstić information content (AvgIpc) is 3.55. The highest BCUT2D eigenvalue weighted by molar-refractivity contribution is 5.95. The molecule has 1 aliphatic rings. The van der Waals surface area contributed by atoms with Gasteiger partial charge in [-0.15, -0.1) is 0 Å². The third kappa shape index (κ3) is 6.54. The van der Waals surface area contributed by atoms with Gasteiger partial charge in [0.15, 0.2) is 5.65 Å². The molecular weight excluding hydrogens is 412 g/mol. The van der Waals surface area contributed by atoms with Crippen LogP contribution in [-0.4, -0.2) is 46.0 Å². The van der Waals surface area contributed by atoms with Gasteiger partial charge in [0.25, 0.3) is 5.91 Å². The van der Waals surface area contributed by atoms with Crippen LogP contribution in [0.1, 0.15) is 63.4 Å². The summed E-state index contributed by atoms with van der Waals surface area (Å²) in [4.78, 5) is 27.1. The maximum Gasteiger partial charge on any atom is 0.253 e. The molecule has 6 nitrogen and oxygen atoms in total. The van der Waals surface area contributed by atoms with Crippen molar-refractivity contribution in [1.29, 1.82) is 0 Å². The first kappa shape index (κ1) is 25.8. The first-order valence-corrected chi connectivity index (χ1v) is 11.6. The van der Waals surface area contributed by atoms with Crippen LogP contribution < -0.4 is 0 Å². The highest BCUT2D eigenvalue weighted by atomic mass is 16.5. The fourth-order valence-electron chi connectivity index (χ4n) is 3.54. The summed E-state index contributed by atoms with van der Waals surface area (Å²) in [6, 6.07) is 7.69. The van der Waals surface area contributed by atoms with Gasteiger partial charge in [-0.05, 0) is 51.3 Å². The first-order valence-electron chi connectivity index (χ1n) is 11.6. The van der Waals surface area contributed by atoms with Gasteiger partial charge in [-0.25, -0.2) is 9.97 Å². The van der Waals surface area contributed by atoms with Gasteiger partial charge in [0.1, 0.15) is 5.52 Å². The van der Waals surface area contributed by atoms with Crippen molar-refractivity contribution in [2.75, 3.05) is 20.2 Å². The van der Waals surface area contributed by atoms with E-state index in [1.807, 2.05) is 69.1 Å². The fraction of sp³-hybridized carbons (Fsp3) is 0.370. The molecule has 0 unspecified atom stereocenters. The van der Waals surface area contributed by atoms with Crippen LogP contribution in [0, 0.1) is 0 Å². The van der Waals surface area contributed by atoms with Crippen molar-refractivity contribution in [2.45, 2.75) is 47.5 Å². The Bertz CT molecular complexity index is 1090. The summed E-state index contributed by atoms with van der Waals surface area (Å²) in [7, 11) is 1.62. The second-order valence-corrected chi connectivity index (χ2v) is 7.41. The average molecular weight is 449 g/mol. The molecule has 1 saturated heterocycles. The molecule has 1 N–H and O–H groups in total. The zero-order valence-electron chi connectivity index (χ0n) is 20.7. The van der Waals surface area contributed by atoms with Gasteiger partial charge in [0.05, 0.1) is 25.3 Å². The Hall–Kier alpha value is -3.41. The monoisotopic (exact) mass is 448 g/mol. The molecule has 2 aromatic heterocycles.